The summed E-state index contributed by atoms with van der Waals surface area (Å²) in [4.78, 5) is 23.3. The summed E-state index contributed by atoms with van der Waals surface area (Å²) in [6, 6.07) is -0.212. The first kappa shape index (κ1) is 17.1. The first-order chi connectivity index (χ1) is 10.3. The Morgan fingerprint density at radius 1 is 1.05 bits per heavy atom. The minimum absolute atomic E-state index is 0.00651. The van der Waals surface area contributed by atoms with Crippen molar-refractivity contribution in [1.82, 2.24) is 5.32 Å². The summed E-state index contributed by atoms with van der Waals surface area (Å²) >= 11 is 0. The van der Waals surface area contributed by atoms with Gasteiger partial charge in [-0.2, -0.15) is 13.2 Å². The fraction of sp³-hybridized carbons (Fsp3) is 0.867. The van der Waals surface area contributed by atoms with E-state index in [0.29, 0.717) is 19.3 Å². The molecule has 2 rings (SSSR count). The maximum absolute atomic E-state index is 12.6. The van der Waals surface area contributed by atoms with Crippen LogP contribution in [0.3, 0.4) is 0 Å². The van der Waals surface area contributed by atoms with E-state index in [1.807, 2.05) is 0 Å². The summed E-state index contributed by atoms with van der Waals surface area (Å²) in [6.45, 7) is 0. The van der Waals surface area contributed by atoms with E-state index in [2.05, 4.69) is 5.32 Å². The number of carbonyl (C=O) groups excluding carboxylic acids is 2. The number of hydrogen-bond donors (Lipinski definition) is 2. The summed E-state index contributed by atoms with van der Waals surface area (Å²) in [7, 11) is 0. The molecule has 0 bridgehead atoms. The summed E-state index contributed by atoms with van der Waals surface area (Å²) in [6.07, 6.45) is -0.517. The number of hydrogen-bond acceptors (Lipinski definition) is 2. The van der Waals surface area contributed by atoms with E-state index in [1.165, 1.54) is 0 Å². The summed E-state index contributed by atoms with van der Waals surface area (Å²) in [5, 5.41) is 2.84. The van der Waals surface area contributed by atoms with E-state index in [-0.39, 0.29) is 43.0 Å². The van der Waals surface area contributed by atoms with Crippen LogP contribution in [0.4, 0.5) is 13.2 Å². The van der Waals surface area contributed by atoms with Crippen molar-refractivity contribution in [2.75, 3.05) is 0 Å². The number of alkyl halides is 3. The van der Waals surface area contributed by atoms with Crippen LogP contribution in [0.15, 0.2) is 0 Å². The molecule has 0 spiro atoms. The third-order valence-corrected chi connectivity index (χ3v) is 5.01. The molecule has 2 aliphatic carbocycles. The predicted octanol–water partition coefficient (Wildman–Crippen LogP) is 2.52. The molecule has 126 valence electrons. The minimum atomic E-state index is -4.12. The van der Waals surface area contributed by atoms with Gasteiger partial charge in [-0.3, -0.25) is 9.59 Å². The Balaban J connectivity index is 1.75. The molecule has 4 nitrogen and oxygen atoms in total. The minimum Gasteiger partial charge on any atom is -0.369 e. The number of nitrogens with one attached hydrogen (secondary N) is 1. The van der Waals surface area contributed by atoms with E-state index >= 15 is 0 Å². The molecule has 0 radical (unpaired) electrons. The van der Waals surface area contributed by atoms with Crippen LogP contribution in [-0.4, -0.2) is 24.0 Å². The van der Waals surface area contributed by atoms with Crippen LogP contribution < -0.4 is 11.1 Å². The van der Waals surface area contributed by atoms with Crippen molar-refractivity contribution < 1.29 is 22.8 Å². The van der Waals surface area contributed by atoms with Gasteiger partial charge in [-0.25, -0.2) is 0 Å². The number of halogens is 3. The molecular formula is C15H23F3N2O2. The molecule has 2 atom stereocenters. The maximum atomic E-state index is 12.6. The molecule has 0 heterocycles. The predicted molar refractivity (Wildman–Crippen MR) is 74.6 cm³/mol. The van der Waals surface area contributed by atoms with Crippen LogP contribution >= 0.6 is 0 Å². The Morgan fingerprint density at radius 3 is 2.23 bits per heavy atom. The van der Waals surface area contributed by atoms with Crippen molar-refractivity contribution >= 4 is 11.8 Å². The van der Waals surface area contributed by atoms with Gasteiger partial charge >= 0.3 is 6.18 Å². The highest BCUT2D eigenvalue weighted by molar-refractivity contribution is 5.80. The lowest BCUT2D eigenvalue weighted by Gasteiger charge is -2.30. The second-order valence-electron chi connectivity index (χ2n) is 6.58. The van der Waals surface area contributed by atoms with Gasteiger partial charge in [0.2, 0.25) is 11.8 Å². The van der Waals surface area contributed by atoms with Crippen molar-refractivity contribution in [1.29, 1.82) is 0 Å². The zero-order chi connectivity index (χ0) is 16.3. The van der Waals surface area contributed by atoms with E-state index in [9.17, 15) is 22.8 Å². The van der Waals surface area contributed by atoms with Gasteiger partial charge in [0.1, 0.15) is 0 Å². The van der Waals surface area contributed by atoms with Crippen molar-refractivity contribution in [3.05, 3.63) is 0 Å². The van der Waals surface area contributed by atoms with Crippen molar-refractivity contribution in [3.63, 3.8) is 0 Å². The van der Waals surface area contributed by atoms with Crippen LogP contribution in [0.1, 0.15) is 51.4 Å². The van der Waals surface area contributed by atoms with E-state index < -0.39 is 18.0 Å². The van der Waals surface area contributed by atoms with Gasteiger partial charge in [0, 0.05) is 12.5 Å². The zero-order valence-electron chi connectivity index (χ0n) is 12.5. The molecule has 0 saturated heterocycles. The molecule has 2 aliphatic rings. The van der Waals surface area contributed by atoms with Gasteiger partial charge in [-0.05, 0) is 44.4 Å². The molecule has 22 heavy (non-hydrogen) atoms. The fourth-order valence-electron chi connectivity index (χ4n) is 3.70. The topological polar surface area (TPSA) is 72.2 Å². The average Bonchev–Trinajstić information content (AvgIpc) is 2.86. The van der Waals surface area contributed by atoms with Crippen LogP contribution in [0.5, 0.6) is 0 Å². The second kappa shape index (κ2) is 6.87. The summed E-state index contributed by atoms with van der Waals surface area (Å²) in [5.41, 5.74) is 5.31. The molecule has 0 aromatic carbocycles. The van der Waals surface area contributed by atoms with Crippen LogP contribution in [-0.2, 0) is 9.59 Å². The molecule has 0 aromatic rings. The molecule has 0 aliphatic heterocycles. The van der Waals surface area contributed by atoms with Crippen LogP contribution in [0.25, 0.3) is 0 Å². The Labute approximate surface area is 128 Å². The lowest BCUT2D eigenvalue weighted by atomic mass is 9.80. The highest BCUT2D eigenvalue weighted by atomic mass is 19.4. The summed E-state index contributed by atoms with van der Waals surface area (Å²) in [5.74, 6) is -2.10. The molecular weight excluding hydrogens is 297 g/mol. The SMILES string of the molecule is NC(=O)[C@H]1CCC[C@H]1NC(=O)CC1CCC(C(F)(F)F)CC1. The zero-order valence-corrected chi connectivity index (χ0v) is 12.5. The Bertz CT molecular complexity index is 418. The van der Waals surface area contributed by atoms with Crippen LogP contribution in [0, 0.1) is 17.8 Å². The first-order valence-electron chi connectivity index (χ1n) is 7.92. The third kappa shape index (κ3) is 4.36. The molecule has 2 amide bonds. The highest BCUT2D eigenvalue weighted by Gasteiger charge is 2.41. The molecule has 0 aromatic heterocycles. The molecule has 0 unspecified atom stereocenters. The van der Waals surface area contributed by atoms with Gasteiger partial charge in [-0.15, -0.1) is 0 Å². The quantitative estimate of drug-likeness (QED) is 0.835. The van der Waals surface area contributed by atoms with E-state index in [4.69, 9.17) is 5.73 Å². The molecule has 2 saturated carbocycles. The Kier molecular flexibility index (Phi) is 5.34. The fourth-order valence-corrected chi connectivity index (χ4v) is 3.70. The second-order valence-corrected chi connectivity index (χ2v) is 6.58. The number of rotatable bonds is 4. The van der Waals surface area contributed by atoms with Gasteiger partial charge < -0.3 is 11.1 Å². The number of primary amides is 1. The Morgan fingerprint density at radius 2 is 1.68 bits per heavy atom. The van der Waals surface area contributed by atoms with Crippen LogP contribution in [0.2, 0.25) is 0 Å². The number of nitrogens with two attached hydrogens (primary N) is 1. The van der Waals surface area contributed by atoms with E-state index in [1.54, 1.807) is 0 Å². The van der Waals surface area contributed by atoms with E-state index in [0.717, 1.165) is 12.8 Å². The Hall–Kier alpha value is -1.27. The van der Waals surface area contributed by atoms with Crippen molar-refractivity contribution in [2.45, 2.75) is 63.6 Å². The standard InChI is InChI=1S/C15H23F3N2O2/c16-15(17,18)10-6-4-9(5-7-10)8-13(21)20-12-3-1-2-11(12)14(19)22/h9-12H,1-8H2,(H2,19,22)(H,20,21)/t9?,10?,11-,12+/m0/s1. The maximum Gasteiger partial charge on any atom is 0.391 e. The van der Waals surface area contributed by atoms with Crippen molar-refractivity contribution in [2.24, 2.45) is 23.5 Å². The lowest BCUT2D eigenvalue weighted by molar-refractivity contribution is -0.184. The van der Waals surface area contributed by atoms with Gasteiger partial charge in [-0.1, -0.05) is 6.42 Å². The normalized spacial score (nSPS) is 32.7. The first-order valence-corrected chi connectivity index (χ1v) is 7.92. The smallest absolute Gasteiger partial charge is 0.369 e. The average molecular weight is 320 g/mol. The van der Waals surface area contributed by atoms with Crippen molar-refractivity contribution in [3.8, 4) is 0 Å². The highest BCUT2D eigenvalue weighted by Crippen LogP contribution is 2.40. The largest absolute Gasteiger partial charge is 0.391 e. The van der Waals surface area contributed by atoms with Gasteiger partial charge in [0.05, 0.1) is 11.8 Å². The number of carbonyl (C=O) groups is 2. The monoisotopic (exact) mass is 320 g/mol. The number of amides is 2. The summed E-state index contributed by atoms with van der Waals surface area (Å²) < 4.78 is 37.8. The third-order valence-electron chi connectivity index (χ3n) is 5.01. The van der Waals surface area contributed by atoms with Gasteiger partial charge in [0.25, 0.3) is 0 Å². The molecule has 2 fully saturated rings. The van der Waals surface area contributed by atoms with Gasteiger partial charge in [0.15, 0.2) is 0 Å². The lowest BCUT2D eigenvalue weighted by Crippen LogP contribution is -2.43. The molecule has 7 heteroatoms. The molecule has 3 N–H and O–H groups in total.